The molecule has 186 valence electrons. The van der Waals surface area contributed by atoms with Gasteiger partial charge in [0.1, 0.15) is 17.1 Å². The lowest BCUT2D eigenvalue weighted by Crippen LogP contribution is -2.14. The van der Waals surface area contributed by atoms with Crippen LogP contribution in [-0.4, -0.2) is 39.4 Å². The minimum absolute atomic E-state index is 0.0534. The molecule has 0 atom stereocenters. The number of carbonyl (C=O) groups is 1. The highest BCUT2D eigenvalue weighted by Crippen LogP contribution is 2.35. The number of alkyl halides is 2. The predicted octanol–water partition coefficient (Wildman–Crippen LogP) is 3.80. The van der Waals surface area contributed by atoms with Gasteiger partial charge in [-0.1, -0.05) is 23.2 Å². The normalized spacial score (nSPS) is 12.7. The van der Waals surface area contributed by atoms with Crippen LogP contribution in [-0.2, 0) is 0 Å². The molecule has 12 heteroatoms. The van der Waals surface area contributed by atoms with E-state index in [4.69, 9.17) is 15.9 Å². The summed E-state index contributed by atoms with van der Waals surface area (Å²) < 4.78 is 32.2. The smallest absolute Gasteiger partial charge is 0.280 e. The number of rotatable bonds is 6. The second-order valence-corrected chi connectivity index (χ2v) is 8.63. The third-order valence-corrected chi connectivity index (χ3v) is 5.80. The van der Waals surface area contributed by atoms with Crippen LogP contribution < -0.4 is 15.8 Å². The highest BCUT2D eigenvalue weighted by Gasteiger charge is 2.22. The van der Waals surface area contributed by atoms with Crippen molar-refractivity contribution in [2.75, 3.05) is 12.4 Å². The summed E-state index contributed by atoms with van der Waals surface area (Å²) in [5.41, 5.74) is 5.85. The first-order chi connectivity index (χ1) is 17.9. The molecule has 1 amide bonds. The van der Waals surface area contributed by atoms with Crippen molar-refractivity contribution in [3.8, 4) is 40.6 Å². The van der Waals surface area contributed by atoms with Gasteiger partial charge >= 0.3 is 0 Å². The Hall–Kier alpha value is -4.68. The van der Waals surface area contributed by atoms with E-state index in [1.165, 1.54) is 19.4 Å². The van der Waals surface area contributed by atoms with E-state index in [2.05, 4.69) is 49.2 Å². The zero-order valence-electron chi connectivity index (χ0n) is 19.4. The lowest BCUT2D eigenvalue weighted by molar-refractivity contribution is 0.102. The summed E-state index contributed by atoms with van der Waals surface area (Å²) in [7, 11) is 1.36. The molecule has 0 aliphatic heterocycles. The first-order valence-corrected chi connectivity index (χ1v) is 11.7. The molecule has 4 rings (SSSR count). The summed E-state index contributed by atoms with van der Waals surface area (Å²) in [6.07, 6.45) is 3.86. The van der Waals surface area contributed by atoms with Crippen LogP contribution in [0.4, 0.5) is 13.9 Å². The van der Waals surface area contributed by atoms with Gasteiger partial charge in [-0.05, 0) is 36.8 Å². The van der Waals surface area contributed by atoms with E-state index in [9.17, 15) is 13.6 Å². The highest BCUT2D eigenvalue weighted by molar-refractivity contribution is 7.15. The number of aromatic nitrogens is 4. The fourth-order valence-electron chi connectivity index (χ4n) is 3.02. The van der Waals surface area contributed by atoms with Crippen LogP contribution in [0.2, 0.25) is 0 Å². The van der Waals surface area contributed by atoms with Gasteiger partial charge in [0.2, 0.25) is 5.13 Å². The quantitative estimate of drug-likeness (QED) is 0.332. The minimum Gasteiger partial charge on any atom is -0.494 e. The number of ether oxygens (including phenoxy) is 1. The summed E-state index contributed by atoms with van der Waals surface area (Å²) in [5.74, 6) is 11.4. The third-order valence-electron chi connectivity index (χ3n) is 5.05. The number of amides is 1. The molecule has 0 radical (unpaired) electrons. The number of anilines is 1. The molecular weight excluding hydrogens is 500 g/mol. The van der Waals surface area contributed by atoms with Gasteiger partial charge in [0.25, 0.3) is 12.3 Å². The summed E-state index contributed by atoms with van der Waals surface area (Å²) in [6.45, 7) is 0. The molecule has 3 aromatic heterocycles. The van der Waals surface area contributed by atoms with Crippen molar-refractivity contribution in [3.63, 3.8) is 0 Å². The molecule has 0 aromatic carbocycles. The van der Waals surface area contributed by atoms with Gasteiger partial charge in [0.05, 0.1) is 24.4 Å². The summed E-state index contributed by atoms with van der Waals surface area (Å²) in [4.78, 5) is 21.2. The standard InChI is InChI=1S/C25H19F2N7O2S/c1-36-21-13-31-20(23(26)27)9-18(21)17-8-16(6-4-15(10-28)11-29)30-12-19(17)24(35)32-25-34-33-22(37-25)7-5-14-2-3-14/h8-14,23,28H,2-3,29H2,1H3,(H,32,34,35)/b15-11-,28-10?. The Labute approximate surface area is 214 Å². The van der Waals surface area contributed by atoms with Crippen LogP contribution in [0.25, 0.3) is 11.1 Å². The maximum atomic E-state index is 13.4. The van der Waals surface area contributed by atoms with Gasteiger partial charge < -0.3 is 15.9 Å². The summed E-state index contributed by atoms with van der Waals surface area (Å²) >= 11 is 1.12. The average molecular weight is 520 g/mol. The van der Waals surface area contributed by atoms with Crippen molar-refractivity contribution in [1.82, 2.24) is 20.2 Å². The fraction of sp³-hybridized carbons (Fsp3) is 0.200. The molecule has 0 unspecified atom stereocenters. The molecule has 3 heterocycles. The van der Waals surface area contributed by atoms with Crippen LogP contribution in [0.1, 0.15) is 46.0 Å². The SMILES string of the molecule is COc1cnc(C(F)F)cc1-c1cc(C#C/C(C=N)=C/N)ncc1C(=O)Nc1nnc(C#CC2CC2)s1. The zero-order chi connectivity index (χ0) is 26.4. The fourth-order valence-corrected chi connectivity index (χ4v) is 3.62. The van der Waals surface area contributed by atoms with Crippen molar-refractivity contribution in [2.45, 2.75) is 19.3 Å². The average Bonchev–Trinajstić information content (AvgIpc) is 3.64. The van der Waals surface area contributed by atoms with Crippen LogP contribution >= 0.6 is 11.3 Å². The van der Waals surface area contributed by atoms with Gasteiger partial charge in [-0.2, -0.15) is 0 Å². The van der Waals surface area contributed by atoms with Gasteiger partial charge in [0, 0.05) is 35.7 Å². The van der Waals surface area contributed by atoms with E-state index < -0.39 is 18.0 Å². The van der Waals surface area contributed by atoms with Crippen molar-refractivity contribution >= 4 is 28.6 Å². The lowest BCUT2D eigenvalue weighted by atomic mass is 9.99. The molecule has 0 spiro atoms. The Morgan fingerprint density at radius 3 is 2.73 bits per heavy atom. The summed E-state index contributed by atoms with van der Waals surface area (Å²) in [6, 6.07) is 2.60. The number of hydrogen-bond donors (Lipinski definition) is 3. The Morgan fingerprint density at radius 1 is 1.24 bits per heavy atom. The monoisotopic (exact) mass is 519 g/mol. The first kappa shape index (κ1) is 25.4. The second-order valence-electron chi connectivity index (χ2n) is 7.65. The Kier molecular flexibility index (Phi) is 7.81. The lowest BCUT2D eigenvalue weighted by Gasteiger charge is -2.14. The van der Waals surface area contributed by atoms with E-state index in [-0.39, 0.29) is 38.8 Å². The third kappa shape index (κ3) is 6.31. The zero-order valence-corrected chi connectivity index (χ0v) is 20.2. The molecule has 1 fully saturated rings. The maximum absolute atomic E-state index is 13.4. The Balaban J connectivity index is 1.75. The van der Waals surface area contributed by atoms with Crippen LogP contribution in [0.15, 0.2) is 36.3 Å². The highest BCUT2D eigenvalue weighted by atomic mass is 32.1. The van der Waals surface area contributed by atoms with Crippen molar-refractivity contribution in [1.29, 1.82) is 5.41 Å². The largest absolute Gasteiger partial charge is 0.494 e. The number of pyridine rings is 2. The summed E-state index contributed by atoms with van der Waals surface area (Å²) in [5, 5.41) is 18.6. The molecular formula is C25H19F2N7O2S. The molecule has 1 aliphatic carbocycles. The molecule has 4 N–H and O–H groups in total. The number of allylic oxidation sites excluding steroid dienone is 1. The number of nitrogens with two attached hydrogens (primary N) is 1. The van der Waals surface area contributed by atoms with Crippen LogP contribution in [0.3, 0.4) is 0 Å². The van der Waals surface area contributed by atoms with Crippen LogP contribution in [0.5, 0.6) is 5.75 Å². The van der Waals surface area contributed by atoms with E-state index in [0.717, 1.165) is 48.9 Å². The van der Waals surface area contributed by atoms with E-state index >= 15 is 0 Å². The van der Waals surface area contributed by atoms with Crippen LogP contribution in [0, 0.1) is 35.0 Å². The number of hydrogen-bond acceptors (Lipinski definition) is 9. The minimum atomic E-state index is -2.84. The Morgan fingerprint density at radius 2 is 2.05 bits per heavy atom. The van der Waals surface area contributed by atoms with Gasteiger partial charge in [-0.15, -0.1) is 10.2 Å². The molecule has 0 bridgehead atoms. The molecule has 3 aromatic rings. The predicted molar refractivity (Wildman–Crippen MR) is 134 cm³/mol. The van der Waals surface area contributed by atoms with Gasteiger partial charge in [-0.25, -0.2) is 13.8 Å². The van der Waals surface area contributed by atoms with E-state index in [1.54, 1.807) is 0 Å². The number of nitrogens with one attached hydrogen (secondary N) is 2. The number of methoxy groups -OCH3 is 1. The van der Waals surface area contributed by atoms with E-state index in [1.807, 2.05) is 0 Å². The molecule has 9 nitrogen and oxygen atoms in total. The topological polar surface area (TPSA) is 140 Å². The molecule has 0 saturated heterocycles. The number of carbonyl (C=O) groups excluding carboxylic acids is 1. The van der Waals surface area contributed by atoms with Crippen molar-refractivity contribution < 1.29 is 18.3 Å². The van der Waals surface area contributed by atoms with Crippen molar-refractivity contribution in [2.24, 2.45) is 11.7 Å². The number of nitrogens with zero attached hydrogens (tertiary/aromatic N) is 4. The van der Waals surface area contributed by atoms with Gasteiger partial charge in [0.15, 0.2) is 5.01 Å². The maximum Gasteiger partial charge on any atom is 0.280 e. The first-order valence-electron chi connectivity index (χ1n) is 10.8. The van der Waals surface area contributed by atoms with Crippen molar-refractivity contribution in [3.05, 3.63) is 58.3 Å². The second kappa shape index (κ2) is 11.4. The Bertz CT molecular complexity index is 1510. The molecule has 37 heavy (non-hydrogen) atoms. The molecule has 1 saturated carbocycles. The van der Waals surface area contributed by atoms with Gasteiger partial charge in [-0.3, -0.25) is 15.1 Å². The molecule has 1 aliphatic rings. The van der Waals surface area contributed by atoms with E-state index in [0.29, 0.717) is 10.9 Å². The number of halogens is 2.